The fourth-order valence-corrected chi connectivity index (χ4v) is 5.36. The second kappa shape index (κ2) is 7.79. The summed E-state index contributed by atoms with van der Waals surface area (Å²) < 4.78 is 42.0. The van der Waals surface area contributed by atoms with Crippen LogP contribution in [0.4, 0.5) is 10.1 Å². The largest absolute Gasteiger partial charge is 0.326 e. The molecule has 0 radical (unpaired) electrons. The average Bonchev–Trinajstić information content (AvgIpc) is 3.04. The van der Waals surface area contributed by atoms with Gasteiger partial charge < -0.3 is 11.1 Å². The molecule has 0 bridgehead atoms. The summed E-state index contributed by atoms with van der Waals surface area (Å²) in [6.45, 7) is 0.343. The fourth-order valence-electron chi connectivity index (χ4n) is 3.76. The third kappa shape index (κ3) is 3.65. The highest BCUT2D eigenvalue weighted by Gasteiger charge is 2.39. The first kappa shape index (κ1) is 20.7. The van der Waals surface area contributed by atoms with Crippen molar-refractivity contribution in [2.24, 2.45) is 5.73 Å². The van der Waals surface area contributed by atoms with E-state index in [4.69, 9.17) is 5.73 Å². The van der Waals surface area contributed by atoms with Crippen molar-refractivity contribution in [3.8, 4) is 0 Å². The van der Waals surface area contributed by atoms with Crippen LogP contribution in [0.1, 0.15) is 23.5 Å². The molecule has 2 aliphatic heterocycles. The van der Waals surface area contributed by atoms with E-state index in [2.05, 4.69) is 5.32 Å². The zero-order chi connectivity index (χ0) is 19.2. The highest BCUT2D eigenvalue weighted by molar-refractivity contribution is 7.89. The van der Waals surface area contributed by atoms with Gasteiger partial charge in [0.05, 0.1) is 0 Å². The molecule has 0 aromatic heterocycles. The molecule has 9 heteroatoms. The van der Waals surface area contributed by atoms with Crippen LogP contribution in [-0.2, 0) is 21.2 Å². The summed E-state index contributed by atoms with van der Waals surface area (Å²) in [6.07, 6.45) is 0.638. The molecule has 0 aliphatic carbocycles. The summed E-state index contributed by atoms with van der Waals surface area (Å²) in [4.78, 5) is 11.1. The van der Waals surface area contributed by atoms with Gasteiger partial charge in [0.2, 0.25) is 15.9 Å². The van der Waals surface area contributed by atoms with Crippen LogP contribution in [0.2, 0.25) is 0 Å². The van der Waals surface area contributed by atoms with E-state index < -0.39 is 15.8 Å². The topological polar surface area (TPSA) is 92.5 Å². The monoisotopic (exact) mass is 425 g/mol. The van der Waals surface area contributed by atoms with E-state index in [-0.39, 0.29) is 54.7 Å². The van der Waals surface area contributed by atoms with Gasteiger partial charge >= 0.3 is 0 Å². The molecule has 3 N–H and O–H groups in total. The maximum Gasteiger partial charge on any atom is 0.246 e. The normalized spacial score (nSPS) is 22.3. The number of aryl methyl sites for hydroxylation is 1. The number of carbonyl (C=O) groups is 1. The highest BCUT2D eigenvalue weighted by atomic mass is 35.5. The Morgan fingerprint density at radius 2 is 1.82 bits per heavy atom. The third-order valence-corrected chi connectivity index (χ3v) is 7.08. The van der Waals surface area contributed by atoms with Crippen LogP contribution < -0.4 is 11.1 Å². The second-order valence-electron chi connectivity index (χ2n) is 6.99. The van der Waals surface area contributed by atoms with Gasteiger partial charge in [0.1, 0.15) is 10.7 Å². The number of rotatable bonds is 3. The Balaban J connectivity index is 0.00000225. The third-order valence-electron chi connectivity index (χ3n) is 5.23. The quantitative estimate of drug-likeness (QED) is 0.788. The minimum Gasteiger partial charge on any atom is -0.326 e. The zero-order valence-corrected chi connectivity index (χ0v) is 16.6. The van der Waals surface area contributed by atoms with Gasteiger partial charge in [-0.15, -0.1) is 12.4 Å². The molecule has 150 valence electrons. The molecule has 0 saturated carbocycles. The van der Waals surface area contributed by atoms with Crippen molar-refractivity contribution in [3.63, 3.8) is 0 Å². The summed E-state index contributed by atoms with van der Waals surface area (Å²) in [7, 11) is -4.02. The lowest BCUT2D eigenvalue weighted by Gasteiger charge is -2.21. The van der Waals surface area contributed by atoms with Crippen LogP contribution >= 0.6 is 12.4 Å². The number of hydrogen-bond donors (Lipinski definition) is 2. The molecule has 28 heavy (non-hydrogen) atoms. The highest BCUT2D eigenvalue weighted by Crippen LogP contribution is 2.34. The number of nitrogens with two attached hydrogens (primary N) is 1. The molecule has 2 aliphatic rings. The predicted octanol–water partition coefficient (Wildman–Crippen LogP) is 2.25. The van der Waals surface area contributed by atoms with Crippen molar-refractivity contribution in [1.29, 1.82) is 0 Å². The number of fused-ring (bicyclic) bond motifs is 1. The minimum atomic E-state index is -4.02. The average molecular weight is 426 g/mol. The maximum atomic E-state index is 14.6. The van der Waals surface area contributed by atoms with Crippen molar-refractivity contribution in [1.82, 2.24) is 4.31 Å². The van der Waals surface area contributed by atoms with Crippen molar-refractivity contribution in [2.45, 2.75) is 29.7 Å². The van der Waals surface area contributed by atoms with E-state index in [9.17, 15) is 17.6 Å². The lowest BCUT2D eigenvalue weighted by molar-refractivity contribution is -0.116. The first-order valence-electron chi connectivity index (χ1n) is 8.79. The molecule has 6 nitrogen and oxygen atoms in total. The Hall–Kier alpha value is -2.00. The standard InChI is InChI=1S/C19H20FN3O3S.ClH/c20-15-9-17-13(6-7-19(24)22-17)8-18(15)27(25,26)23-10-14(16(21)11-23)12-4-2-1-3-5-12;/h1-5,8-9,14,16H,6-7,10-11,21H2,(H,22,24);1H/t14-,16+;/m0./s1. The van der Waals surface area contributed by atoms with Crippen molar-refractivity contribution in [2.75, 3.05) is 18.4 Å². The van der Waals surface area contributed by atoms with Gasteiger partial charge in [0, 0.05) is 37.2 Å². The molecule has 0 spiro atoms. The molecule has 1 saturated heterocycles. The maximum absolute atomic E-state index is 14.6. The van der Waals surface area contributed by atoms with Gasteiger partial charge in [-0.3, -0.25) is 4.79 Å². The molecule has 2 heterocycles. The number of halogens is 2. The molecule has 2 atom stereocenters. The van der Waals surface area contributed by atoms with E-state index in [1.807, 2.05) is 30.3 Å². The van der Waals surface area contributed by atoms with Crippen LogP contribution in [0.5, 0.6) is 0 Å². The van der Waals surface area contributed by atoms with E-state index in [1.165, 1.54) is 10.4 Å². The van der Waals surface area contributed by atoms with Crippen molar-refractivity contribution < 1.29 is 17.6 Å². The van der Waals surface area contributed by atoms with Crippen LogP contribution in [0.15, 0.2) is 47.4 Å². The number of hydrogen-bond acceptors (Lipinski definition) is 4. The number of sulfonamides is 1. The summed E-state index contributed by atoms with van der Waals surface area (Å²) in [6, 6.07) is 11.6. The van der Waals surface area contributed by atoms with Gasteiger partial charge in [0.15, 0.2) is 0 Å². The molecule has 4 rings (SSSR count). The molecular weight excluding hydrogens is 405 g/mol. The van der Waals surface area contributed by atoms with Gasteiger partial charge in [-0.25, -0.2) is 12.8 Å². The Kier molecular flexibility index (Phi) is 5.77. The van der Waals surface area contributed by atoms with E-state index in [1.54, 1.807) is 0 Å². The summed E-state index contributed by atoms with van der Waals surface area (Å²) in [5, 5.41) is 2.58. The molecule has 1 fully saturated rings. The molecule has 1 amide bonds. The number of anilines is 1. The summed E-state index contributed by atoms with van der Waals surface area (Å²) in [5.74, 6) is -1.21. The zero-order valence-electron chi connectivity index (χ0n) is 15.0. The first-order chi connectivity index (χ1) is 12.9. The van der Waals surface area contributed by atoms with Gasteiger partial charge in [-0.1, -0.05) is 30.3 Å². The predicted molar refractivity (Wildman–Crippen MR) is 107 cm³/mol. The summed E-state index contributed by atoms with van der Waals surface area (Å²) >= 11 is 0. The Bertz CT molecular complexity index is 1000. The Morgan fingerprint density at radius 1 is 1.11 bits per heavy atom. The number of nitrogens with zero attached hydrogens (tertiary/aromatic N) is 1. The number of benzene rings is 2. The minimum absolute atomic E-state index is 0. The lowest BCUT2D eigenvalue weighted by Crippen LogP contribution is -2.33. The number of amides is 1. The van der Waals surface area contributed by atoms with Crippen LogP contribution in [-0.4, -0.2) is 37.8 Å². The molecule has 2 aromatic carbocycles. The van der Waals surface area contributed by atoms with E-state index in [0.717, 1.165) is 11.6 Å². The first-order valence-corrected chi connectivity index (χ1v) is 10.2. The second-order valence-corrected chi connectivity index (χ2v) is 8.90. The molecule has 0 unspecified atom stereocenters. The van der Waals surface area contributed by atoms with E-state index in [0.29, 0.717) is 17.7 Å². The Morgan fingerprint density at radius 3 is 2.54 bits per heavy atom. The van der Waals surface area contributed by atoms with E-state index >= 15 is 0 Å². The van der Waals surface area contributed by atoms with Crippen molar-refractivity contribution >= 4 is 34.0 Å². The number of nitrogens with one attached hydrogen (secondary N) is 1. The van der Waals surface area contributed by atoms with Crippen LogP contribution in [0.25, 0.3) is 0 Å². The SMILES string of the molecule is Cl.N[C@@H]1CN(S(=O)(=O)c2cc3c(cc2F)NC(=O)CC3)C[C@H]1c1ccccc1. The summed E-state index contributed by atoms with van der Waals surface area (Å²) in [5.41, 5.74) is 8.12. The van der Waals surface area contributed by atoms with Crippen LogP contribution in [0.3, 0.4) is 0 Å². The van der Waals surface area contributed by atoms with Gasteiger partial charge in [0.25, 0.3) is 0 Å². The lowest BCUT2D eigenvalue weighted by atomic mass is 9.95. The van der Waals surface area contributed by atoms with Crippen LogP contribution in [0, 0.1) is 5.82 Å². The van der Waals surface area contributed by atoms with Gasteiger partial charge in [-0.05, 0) is 29.7 Å². The fraction of sp³-hybridized carbons (Fsp3) is 0.316. The number of carbonyl (C=O) groups excluding carboxylic acids is 1. The van der Waals surface area contributed by atoms with Gasteiger partial charge in [-0.2, -0.15) is 4.31 Å². The molecular formula is C19H21ClFN3O3S. The smallest absolute Gasteiger partial charge is 0.246 e. The Labute approximate surface area is 169 Å². The molecule has 2 aromatic rings. The van der Waals surface area contributed by atoms with Crippen molar-refractivity contribution in [3.05, 3.63) is 59.4 Å².